The first-order valence-electron chi connectivity index (χ1n) is 13.6. The van der Waals surface area contributed by atoms with Crippen molar-refractivity contribution in [1.82, 2.24) is 29.3 Å². The van der Waals surface area contributed by atoms with E-state index in [9.17, 15) is 21.6 Å². The number of sulfonamides is 1. The van der Waals surface area contributed by atoms with Crippen LogP contribution in [0.4, 0.5) is 13.2 Å². The molecule has 0 bridgehead atoms. The Morgan fingerprint density at radius 1 is 1.26 bits per heavy atom. The van der Waals surface area contributed by atoms with Crippen molar-refractivity contribution >= 4 is 44.4 Å². The van der Waals surface area contributed by atoms with Gasteiger partial charge in [0.15, 0.2) is 10.8 Å². The standard InChI is InChI=1S/C27H29ClF3N7O2S2/c1-16-3-2-8-36(16)10-12-42(39,40)35-18-14-22-23(21-6-9-38(34-21)27(30)31)24(19-5-4-17(29)13-20(19)28)33-25(37(22)15-18)26-32-7-11-41-26/h4-7,9,11,13,16,18,24,27,35H,2-3,8,10,12,14-15H2,1H3/t16?,18-,24-/m0/s1. The van der Waals surface area contributed by atoms with Crippen LogP contribution in [0.1, 0.15) is 55.0 Å². The average Bonchev–Trinajstić information content (AvgIpc) is 3.74. The summed E-state index contributed by atoms with van der Waals surface area (Å²) < 4.78 is 70.9. The summed E-state index contributed by atoms with van der Waals surface area (Å²) in [6.45, 7) is 0.844. The Bertz CT molecular complexity index is 1630. The zero-order valence-electron chi connectivity index (χ0n) is 22.6. The molecule has 6 rings (SSSR count). The van der Waals surface area contributed by atoms with Crippen molar-refractivity contribution in [3.8, 4) is 0 Å². The Balaban J connectivity index is 1.39. The van der Waals surface area contributed by atoms with E-state index >= 15 is 0 Å². The van der Waals surface area contributed by atoms with Gasteiger partial charge in [-0.3, -0.25) is 9.89 Å². The maximum atomic E-state index is 14.0. The van der Waals surface area contributed by atoms with E-state index in [4.69, 9.17) is 16.6 Å². The summed E-state index contributed by atoms with van der Waals surface area (Å²) in [5, 5.41) is 6.64. The van der Waals surface area contributed by atoms with Crippen molar-refractivity contribution in [2.45, 2.75) is 50.9 Å². The van der Waals surface area contributed by atoms with Crippen LogP contribution in [0.3, 0.4) is 0 Å². The number of nitrogens with zero attached hydrogens (tertiary/aromatic N) is 6. The molecular weight excluding hydrogens is 611 g/mol. The van der Waals surface area contributed by atoms with Crippen LogP contribution in [0, 0.1) is 5.82 Å². The van der Waals surface area contributed by atoms with Gasteiger partial charge in [-0.15, -0.1) is 11.3 Å². The summed E-state index contributed by atoms with van der Waals surface area (Å²) >= 11 is 7.86. The molecule has 0 saturated carbocycles. The minimum atomic E-state index is -3.63. The molecular formula is C27H29ClF3N7O2S2. The van der Waals surface area contributed by atoms with Gasteiger partial charge < -0.3 is 4.90 Å². The van der Waals surface area contributed by atoms with Crippen molar-refractivity contribution in [3.63, 3.8) is 0 Å². The number of nitrogens with one attached hydrogen (secondary N) is 1. The van der Waals surface area contributed by atoms with Crippen molar-refractivity contribution in [2.75, 3.05) is 25.4 Å². The molecule has 3 atom stereocenters. The van der Waals surface area contributed by atoms with Crippen LogP contribution >= 0.6 is 22.9 Å². The number of likely N-dealkylation sites (tertiary alicyclic amines) is 1. The SMILES string of the molecule is CC1CCCN1CCS(=O)(=O)N[C@H]1CC2=C(c3ccn(C(F)F)n3)[C@H](c3ccc(F)cc3Cl)N=C(c3nccs3)N2C1. The Kier molecular flexibility index (Phi) is 8.17. The lowest BCUT2D eigenvalue weighted by molar-refractivity contribution is 0.0564. The summed E-state index contributed by atoms with van der Waals surface area (Å²) in [7, 11) is -3.63. The molecule has 3 aliphatic heterocycles. The second-order valence-corrected chi connectivity index (χ2v) is 13.8. The first-order valence-corrected chi connectivity index (χ1v) is 16.5. The van der Waals surface area contributed by atoms with Gasteiger partial charge in [-0.2, -0.15) is 13.9 Å². The second kappa shape index (κ2) is 11.7. The number of benzene rings is 1. The molecule has 3 aliphatic rings. The van der Waals surface area contributed by atoms with Crippen molar-refractivity contribution in [1.29, 1.82) is 0 Å². The zero-order valence-corrected chi connectivity index (χ0v) is 25.0. The molecule has 1 unspecified atom stereocenters. The molecule has 2 aromatic heterocycles. The predicted molar refractivity (Wildman–Crippen MR) is 156 cm³/mol. The van der Waals surface area contributed by atoms with Crippen LogP contribution in [0.5, 0.6) is 0 Å². The van der Waals surface area contributed by atoms with Crippen molar-refractivity contribution < 1.29 is 21.6 Å². The third-order valence-electron chi connectivity index (χ3n) is 7.91. The van der Waals surface area contributed by atoms with Gasteiger partial charge >= 0.3 is 6.55 Å². The summed E-state index contributed by atoms with van der Waals surface area (Å²) in [5.74, 6) is -0.0602. The maximum Gasteiger partial charge on any atom is 0.333 e. The smallest absolute Gasteiger partial charge is 0.326 e. The van der Waals surface area contributed by atoms with E-state index in [2.05, 4.69) is 26.6 Å². The van der Waals surface area contributed by atoms with Crippen LogP contribution < -0.4 is 4.72 Å². The molecule has 0 spiro atoms. The van der Waals surface area contributed by atoms with Gasteiger partial charge in [0.25, 0.3) is 0 Å². The maximum absolute atomic E-state index is 14.0. The molecule has 15 heteroatoms. The number of rotatable bonds is 9. The van der Waals surface area contributed by atoms with Crippen molar-refractivity contribution in [2.24, 2.45) is 4.99 Å². The highest BCUT2D eigenvalue weighted by atomic mass is 35.5. The van der Waals surface area contributed by atoms with Crippen LogP contribution in [0.2, 0.25) is 5.02 Å². The fourth-order valence-electron chi connectivity index (χ4n) is 5.91. The lowest BCUT2D eigenvalue weighted by Crippen LogP contribution is -2.42. The second-order valence-electron chi connectivity index (χ2n) is 10.7. The molecule has 9 nitrogen and oxygen atoms in total. The van der Waals surface area contributed by atoms with Gasteiger partial charge in [0.05, 0.1) is 11.4 Å². The van der Waals surface area contributed by atoms with E-state index in [1.165, 1.54) is 41.8 Å². The molecule has 0 aliphatic carbocycles. The third-order valence-corrected chi connectivity index (χ3v) is 10.4. The Hall–Kier alpha value is -2.78. The van der Waals surface area contributed by atoms with E-state index in [1.807, 2.05) is 4.90 Å². The molecule has 3 aromatic rings. The molecule has 42 heavy (non-hydrogen) atoms. The lowest BCUT2D eigenvalue weighted by atomic mass is 9.92. The quantitative estimate of drug-likeness (QED) is 0.357. The van der Waals surface area contributed by atoms with E-state index < -0.39 is 34.5 Å². The zero-order chi connectivity index (χ0) is 29.6. The normalized spacial score (nSPS) is 23.2. The number of amidine groups is 1. The molecule has 1 N–H and O–H groups in total. The van der Waals surface area contributed by atoms with Gasteiger partial charge in [-0.05, 0) is 44.5 Å². The molecule has 2 saturated heterocycles. The fraction of sp³-hybridized carbons (Fsp3) is 0.444. The Labute approximate surface area is 250 Å². The first-order chi connectivity index (χ1) is 20.1. The predicted octanol–water partition coefficient (Wildman–Crippen LogP) is 4.92. The molecule has 0 amide bonds. The Morgan fingerprint density at radius 3 is 2.76 bits per heavy atom. The van der Waals surface area contributed by atoms with Gasteiger partial charge in [0.1, 0.15) is 11.9 Å². The van der Waals surface area contributed by atoms with Gasteiger partial charge in [-0.1, -0.05) is 17.7 Å². The number of alkyl halides is 2. The minimum Gasteiger partial charge on any atom is -0.326 e. The highest BCUT2D eigenvalue weighted by Crippen LogP contribution is 2.46. The highest BCUT2D eigenvalue weighted by Gasteiger charge is 2.42. The van der Waals surface area contributed by atoms with E-state index in [-0.39, 0.29) is 29.4 Å². The molecule has 224 valence electrons. The van der Waals surface area contributed by atoms with E-state index in [0.29, 0.717) is 44.9 Å². The van der Waals surface area contributed by atoms with Crippen molar-refractivity contribution in [3.05, 3.63) is 74.8 Å². The Morgan fingerprint density at radius 2 is 2.10 bits per heavy atom. The topological polar surface area (TPSA) is 95.7 Å². The molecule has 1 aromatic carbocycles. The first kappa shape index (κ1) is 29.3. The van der Waals surface area contributed by atoms with E-state index in [1.54, 1.807) is 11.6 Å². The number of hydrogen-bond acceptors (Lipinski definition) is 8. The number of thiazole rings is 1. The summed E-state index contributed by atoms with van der Waals surface area (Å²) in [6.07, 6.45) is 5.19. The van der Waals surface area contributed by atoms with Gasteiger partial charge in [0.2, 0.25) is 10.0 Å². The van der Waals surface area contributed by atoms with E-state index in [0.717, 1.165) is 19.4 Å². The van der Waals surface area contributed by atoms with Crippen LogP contribution in [-0.2, 0) is 10.0 Å². The van der Waals surface area contributed by atoms with Gasteiger partial charge in [-0.25, -0.2) is 27.2 Å². The molecule has 5 heterocycles. The summed E-state index contributed by atoms with van der Waals surface area (Å²) in [6, 6.07) is 4.44. The summed E-state index contributed by atoms with van der Waals surface area (Å²) in [4.78, 5) is 13.5. The van der Waals surface area contributed by atoms with Gasteiger partial charge in [0, 0.05) is 71.2 Å². The number of halogens is 4. The number of aromatic nitrogens is 3. The number of fused-ring (bicyclic) bond motifs is 1. The fourth-order valence-corrected chi connectivity index (χ4v) is 8.08. The lowest BCUT2D eigenvalue weighted by Gasteiger charge is -2.32. The highest BCUT2D eigenvalue weighted by molar-refractivity contribution is 7.89. The number of hydrogen-bond donors (Lipinski definition) is 1. The molecule has 2 fully saturated rings. The number of aliphatic imine (C=N–C) groups is 1. The molecule has 0 radical (unpaired) electrons. The summed E-state index contributed by atoms with van der Waals surface area (Å²) in [5.41, 5.74) is 1.87. The third kappa shape index (κ3) is 5.87. The van der Waals surface area contributed by atoms with Crippen LogP contribution in [-0.4, -0.2) is 76.3 Å². The monoisotopic (exact) mass is 639 g/mol. The van der Waals surface area contributed by atoms with Crippen LogP contribution in [0.15, 0.2) is 52.7 Å². The minimum absolute atomic E-state index is 0.0280. The average molecular weight is 640 g/mol. The largest absolute Gasteiger partial charge is 0.333 e. The van der Waals surface area contributed by atoms with Crippen LogP contribution in [0.25, 0.3) is 5.57 Å².